The lowest BCUT2D eigenvalue weighted by Gasteiger charge is -2.20. The third kappa shape index (κ3) is 8.19. The van der Waals surface area contributed by atoms with Gasteiger partial charge in [0.1, 0.15) is 0 Å². The Balaban J connectivity index is 3.71. The van der Waals surface area contributed by atoms with Crippen LogP contribution in [0.3, 0.4) is 0 Å². The Hall–Kier alpha value is -0.570. The molecular formula is C14H29NO2. The molecule has 3 N–H and O–H groups in total. The summed E-state index contributed by atoms with van der Waals surface area (Å²) in [6, 6.07) is -0.215. The summed E-state index contributed by atoms with van der Waals surface area (Å²) < 4.78 is 0. The topological polar surface area (TPSA) is 63.3 Å². The molecule has 0 saturated heterocycles. The molecule has 0 aliphatic heterocycles. The summed E-state index contributed by atoms with van der Waals surface area (Å²) in [4.78, 5) is 10.8. The number of nitrogens with two attached hydrogens (primary N) is 1. The minimum Gasteiger partial charge on any atom is -0.481 e. The molecule has 0 bridgehead atoms. The number of aliphatic carboxylic acids is 1. The Kier molecular flexibility index (Phi) is 8.23. The number of rotatable bonds is 9. The highest BCUT2D eigenvalue weighted by Gasteiger charge is 2.21. The van der Waals surface area contributed by atoms with Crippen LogP contribution in [0.4, 0.5) is 0 Å². The molecule has 3 heteroatoms. The number of carboxylic acids is 1. The second-order valence-corrected chi connectivity index (χ2v) is 5.81. The van der Waals surface area contributed by atoms with Crippen LogP contribution in [0.25, 0.3) is 0 Å². The van der Waals surface area contributed by atoms with E-state index in [1.807, 2.05) is 0 Å². The van der Waals surface area contributed by atoms with Gasteiger partial charge in [-0.15, -0.1) is 0 Å². The van der Waals surface area contributed by atoms with E-state index >= 15 is 0 Å². The molecule has 0 radical (unpaired) electrons. The smallest absolute Gasteiger partial charge is 0.307 e. The van der Waals surface area contributed by atoms with E-state index in [2.05, 4.69) is 20.8 Å². The summed E-state index contributed by atoms with van der Waals surface area (Å²) in [6.45, 7) is 8.35. The number of unbranched alkanes of at least 4 members (excludes halogenated alkanes) is 1. The quantitative estimate of drug-likeness (QED) is 0.611. The summed E-state index contributed by atoms with van der Waals surface area (Å²) >= 11 is 0. The Morgan fingerprint density at radius 3 is 2.12 bits per heavy atom. The molecule has 3 atom stereocenters. The first kappa shape index (κ1) is 16.4. The summed E-state index contributed by atoms with van der Waals surface area (Å²) in [7, 11) is 0. The summed E-state index contributed by atoms with van der Waals surface area (Å²) in [5, 5.41) is 8.86. The van der Waals surface area contributed by atoms with Crippen LogP contribution in [0.1, 0.15) is 59.8 Å². The van der Waals surface area contributed by atoms with Gasteiger partial charge in [-0.1, -0.05) is 53.4 Å². The molecule has 0 aromatic heterocycles. The van der Waals surface area contributed by atoms with Gasteiger partial charge in [-0.3, -0.25) is 4.79 Å². The SMILES string of the molecule is CC(C)CCCC[C@@H](C)C[C@H](N)C(C)C(=O)O. The van der Waals surface area contributed by atoms with Gasteiger partial charge in [0.15, 0.2) is 0 Å². The van der Waals surface area contributed by atoms with Gasteiger partial charge in [-0.2, -0.15) is 0 Å². The largest absolute Gasteiger partial charge is 0.481 e. The van der Waals surface area contributed by atoms with Crippen molar-refractivity contribution in [2.45, 2.75) is 65.8 Å². The first-order valence-electron chi connectivity index (χ1n) is 6.83. The maximum atomic E-state index is 10.8. The Labute approximate surface area is 106 Å². The van der Waals surface area contributed by atoms with Crippen LogP contribution < -0.4 is 5.73 Å². The number of hydrogen-bond acceptors (Lipinski definition) is 2. The van der Waals surface area contributed by atoms with Crippen LogP contribution in [0.15, 0.2) is 0 Å². The van der Waals surface area contributed by atoms with Crippen LogP contribution in [-0.2, 0) is 4.79 Å². The summed E-state index contributed by atoms with van der Waals surface area (Å²) in [5.74, 6) is 0.0798. The Bertz CT molecular complexity index is 216. The third-order valence-corrected chi connectivity index (χ3v) is 3.43. The molecule has 3 nitrogen and oxygen atoms in total. The molecule has 0 aromatic rings. The Morgan fingerprint density at radius 1 is 1.12 bits per heavy atom. The van der Waals surface area contributed by atoms with Crippen molar-refractivity contribution in [1.29, 1.82) is 0 Å². The van der Waals surface area contributed by atoms with Gasteiger partial charge in [0, 0.05) is 6.04 Å². The van der Waals surface area contributed by atoms with Gasteiger partial charge in [0.25, 0.3) is 0 Å². The average Bonchev–Trinajstić information content (AvgIpc) is 2.22. The van der Waals surface area contributed by atoms with Crippen molar-refractivity contribution in [2.24, 2.45) is 23.5 Å². The number of carbonyl (C=O) groups is 1. The number of carboxylic acid groups (broad SMARTS) is 1. The van der Waals surface area contributed by atoms with E-state index in [0.717, 1.165) is 18.8 Å². The first-order valence-corrected chi connectivity index (χ1v) is 6.83. The van der Waals surface area contributed by atoms with Crippen molar-refractivity contribution in [2.75, 3.05) is 0 Å². The zero-order chi connectivity index (χ0) is 13.4. The lowest BCUT2D eigenvalue weighted by Crippen LogP contribution is -2.34. The molecule has 0 spiro atoms. The second-order valence-electron chi connectivity index (χ2n) is 5.81. The van der Waals surface area contributed by atoms with Crippen molar-refractivity contribution in [3.8, 4) is 0 Å². The van der Waals surface area contributed by atoms with Gasteiger partial charge in [-0.05, 0) is 18.3 Å². The van der Waals surface area contributed by atoms with E-state index in [-0.39, 0.29) is 6.04 Å². The predicted molar refractivity (Wildman–Crippen MR) is 71.9 cm³/mol. The molecule has 0 heterocycles. The molecule has 0 aromatic carbocycles. The zero-order valence-corrected chi connectivity index (χ0v) is 11.8. The molecular weight excluding hydrogens is 214 g/mol. The van der Waals surface area contributed by atoms with Crippen LogP contribution in [0.2, 0.25) is 0 Å². The van der Waals surface area contributed by atoms with E-state index in [4.69, 9.17) is 10.8 Å². The van der Waals surface area contributed by atoms with Crippen LogP contribution in [0, 0.1) is 17.8 Å². The highest BCUT2D eigenvalue weighted by Crippen LogP contribution is 2.18. The van der Waals surface area contributed by atoms with Crippen LogP contribution in [0.5, 0.6) is 0 Å². The highest BCUT2D eigenvalue weighted by molar-refractivity contribution is 5.70. The van der Waals surface area contributed by atoms with Gasteiger partial charge < -0.3 is 10.8 Å². The second kappa shape index (κ2) is 8.51. The molecule has 0 amide bonds. The van der Waals surface area contributed by atoms with Crippen LogP contribution >= 0.6 is 0 Å². The van der Waals surface area contributed by atoms with Gasteiger partial charge in [0.05, 0.1) is 5.92 Å². The van der Waals surface area contributed by atoms with Crippen molar-refractivity contribution >= 4 is 5.97 Å². The number of hydrogen-bond donors (Lipinski definition) is 2. The summed E-state index contributed by atoms with van der Waals surface area (Å²) in [5.41, 5.74) is 5.89. The van der Waals surface area contributed by atoms with E-state index in [1.165, 1.54) is 19.3 Å². The average molecular weight is 243 g/mol. The lowest BCUT2D eigenvalue weighted by molar-refractivity contribution is -0.141. The molecule has 0 rings (SSSR count). The Morgan fingerprint density at radius 2 is 1.65 bits per heavy atom. The minimum atomic E-state index is -0.787. The van der Waals surface area contributed by atoms with Gasteiger partial charge in [0.2, 0.25) is 0 Å². The molecule has 0 aliphatic rings. The monoisotopic (exact) mass is 243 g/mol. The molecule has 0 fully saturated rings. The maximum Gasteiger partial charge on any atom is 0.307 e. The fourth-order valence-electron chi connectivity index (χ4n) is 2.02. The van der Waals surface area contributed by atoms with Crippen molar-refractivity contribution in [3.05, 3.63) is 0 Å². The van der Waals surface area contributed by atoms with Crippen molar-refractivity contribution in [3.63, 3.8) is 0 Å². The maximum absolute atomic E-state index is 10.8. The first-order chi connectivity index (χ1) is 7.84. The summed E-state index contributed by atoms with van der Waals surface area (Å²) in [6.07, 6.45) is 5.76. The lowest BCUT2D eigenvalue weighted by atomic mass is 9.90. The minimum absolute atomic E-state index is 0.215. The molecule has 102 valence electrons. The fourth-order valence-corrected chi connectivity index (χ4v) is 2.02. The van der Waals surface area contributed by atoms with Gasteiger partial charge >= 0.3 is 5.97 Å². The van der Waals surface area contributed by atoms with E-state index in [0.29, 0.717) is 5.92 Å². The normalized spacial score (nSPS) is 16.8. The standard InChI is InChI=1S/C14H29NO2/c1-10(2)7-5-6-8-11(3)9-13(15)12(4)14(16)17/h10-13H,5-9,15H2,1-4H3,(H,16,17)/t11-,12?,13+/m1/s1. The third-order valence-electron chi connectivity index (χ3n) is 3.43. The zero-order valence-electron chi connectivity index (χ0n) is 11.8. The van der Waals surface area contributed by atoms with Crippen LogP contribution in [-0.4, -0.2) is 17.1 Å². The molecule has 0 aliphatic carbocycles. The van der Waals surface area contributed by atoms with E-state index in [1.54, 1.807) is 6.92 Å². The fraction of sp³-hybridized carbons (Fsp3) is 0.929. The van der Waals surface area contributed by atoms with E-state index in [9.17, 15) is 4.79 Å². The predicted octanol–water partition coefficient (Wildman–Crippen LogP) is 3.28. The molecule has 1 unspecified atom stereocenters. The van der Waals surface area contributed by atoms with E-state index < -0.39 is 11.9 Å². The van der Waals surface area contributed by atoms with Crippen molar-refractivity contribution in [1.82, 2.24) is 0 Å². The van der Waals surface area contributed by atoms with Crippen molar-refractivity contribution < 1.29 is 9.90 Å². The molecule has 17 heavy (non-hydrogen) atoms. The molecule has 0 saturated carbocycles. The highest BCUT2D eigenvalue weighted by atomic mass is 16.4. The van der Waals surface area contributed by atoms with Gasteiger partial charge in [-0.25, -0.2) is 0 Å².